The van der Waals surface area contributed by atoms with Crippen molar-refractivity contribution in [3.63, 3.8) is 0 Å². The summed E-state index contributed by atoms with van der Waals surface area (Å²) in [5, 5.41) is 6.01. The van der Waals surface area contributed by atoms with Crippen molar-refractivity contribution in [2.45, 2.75) is 49.9 Å². The zero-order valence-corrected chi connectivity index (χ0v) is 14.7. The first-order chi connectivity index (χ1) is 10.8. The second kappa shape index (κ2) is 7.49. The Morgan fingerprint density at radius 1 is 1.17 bits per heavy atom. The Morgan fingerprint density at radius 3 is 2.39 bits per heavy atom. The van der Waals surface area contributed by atoms with E-state index in [9.17, 15) is 9.59 Å². The fourth-order valence-corrected chi connectivity index (χ4v) is 3.35. The number of hydrogen-bond donors (Lipinski definition) is 2. The average Bonchev–Trinajstić information content (AvgIpc) is 2.90. The molecule has 2 aliphatic rings. The van der Waals surface area contributed by atoms with Crippen LogP contribution >= 0.6 is 0 Å². The maximum Gasteiger partial charge on any atom is 0.315 e. The van der Waals surface area contributed by atoms with Crippen LogP contribution in [0.4, 0.5) is 4.79 Å². The van der Waals surface area contributed by atoms with Crippen LogP contribution in [0, 0.1) is 0 Å². The standard InChI is InChI=1S/C16H30N4O3/c1-19(2)11-16(8-5-9-16)18-15(22)17-10-12-6-7-13(23-12)14(21)20(3)4/h12-13H,5-11H2,1-4H3,(H2,17,18,22). The minimum absolute atomic E-state index is 0.00337. The molecular formula is C16H30N4O3. The van der Waals surface area contributed by atoms with E-state index in [4.69, 9.17) is 4.74 Å². The number of nitrogens with one attached hydrogen (secondary N) is 2. The van der Waals surface area contributed by atoms with Crippen molar-refractivity contribution in [1.29, 1.82) is 0 Å². The van der Waals surface area contributed by atoms with Crippen LogP contribution in [0.2, 0.25) is 0 Å². The van der Waals surface area contributed by atoms with Crippen molar-refractivity contribution >= 4 is 11.9 Å². The Hall–Kier alpha value is -1.34. The molecule has 0 aromatic rings. The number of rotatable bonds is 6. The van der Waals surface area contributed by atoms with Gasteiger partial charge in [0.2, 0.25) is 0 Å². The SMILES string of the molecule is CN(C)CC1(NC(=O)NCC2CCC(C(=O)N(C)C)O2)CCC1. The molecule has 1 saturated carbocycles. The van der Waals surface area contributed by atoms with Crippen molar-refractivity contribution in [3.8, 4) is 0 Å². The summed E-state index contributed by atoms with van der Waals surface area (Å²) in [7, 11) is 7.50. The van der Waals surface area contributed by atoms with E-state index in [-0.39, 0.29) is 29.7 Å². The van der Waals surface area contributed by atoms with Gasteiger partial charge in [0.05, 0.1) is 11.6 Å². The number of amides is 3. The van der Waals surface area contributed by atoms with E-state index in [0.717, 1.165) is 38.6 Å². The van der Waals surface area contributed by atoms with Crippen LogP contribution in [-0.4, -0.2) is 80.8 Å². The molecule has 1 aliphatic carbocycles. The highest BCUT2D eigenvalue weighted by atomic mass is 16.5. The van der Waals surface area contributed by atoms with E-state index < -0.39 is 0 Å². The molecule has 0 aromatic heterocycles. The summed E-state index contributed by atoms with van der Waals surface area (Å²) in [6, 6.07) is -0.141. The number of ether oxygens (including phenoxy) is 1. The highest BCUT2D eigenvalue weighted by Crippen LogP contribution is 2.32. The molecule has 0 radical (unpaired) electrons. The molecule has 1 heterocycles. The lowest BCUT2D eigenvalue weighted by Gasteiger charge is -2.44. The number of nitrogens with zero attached hydrogens (tertiary/aromatic N) is 2. The van der Waals surface area contributed by atoms with Gasteiger partial charge in [-0.25, -0.2) is 4.79 Å². The predicted molar refractivity (Wildman–Crippen MR) is 88.3 cm³/mol. The maximum atomic E-state index is 12.1. The van der Waals surface area contributed by atoms with Gasteiger partial charge >= 0.3 is 6.03 Å². The highest BCUT2D eigenvalue weighted by Gasteiger charge is 2.39. The first kappa shape index (κ1) is 18.0. The van der Waals surface area contributed by atoms with Crippen LogP contribution in [0.5, 0.6) is 0 Å². The highest BCUT2D eigenvalue weighted by molar-refractivity contribution is 5.80. The van der Waals surface area contributed by atoms with Crippen molar-refractivity contribution in [2.75, 3.05) is 41.3 Å². The number of likely N-dealkylation sites (N-methyl/N-ethyl adjacent to an activating group) is 2. The molecule has 2 rings (SSSR count). The first-order valence-electron chi connectivity index (χ1n) is 8.39. The third-order valence-corrected chi connectivity index (χ3v) is 4.62. The topological polar surface area (TPSA) is 73.9 Å². The van der Waals surface area contributed by atoms with Crippen LogP contribution in [0.3, 0.4) is 0 Å². The van der Waals surface area contributed by atoms with Crippen molar-refractivity contribution in [3.05, 3.63) is 0 Å². The molecule has 23 heavy (non-hydrogen) atoms. The zero-order chi connectivity index (χ0) is 17.0. The fraction of sp³-hybridized carbons (Fsp3) is 0.875. The van der Waals surface area contributed by atoms with Crippen LogP contribution < -0.4 is 10.6 Å². The summed E-state index contributed by atoms with van der Waals surface area (Å²) in [5.74, 6) is -0.00337. The van der Waals surface area contributed by atoms with Crippen LogP contribution in [-0.2, 0) is 9.53 Å². The van der Waals surface area contributed by atoms with Gasteiger partial charge in [-0.15, -0.1) is 0 Å². The molecule has 7 nitrogen and oxygen atoms in total. The smallest absolute Gasteiger partial charge is 0.315 e. The molecule has 2 atom stereocenters. The van der Waals surface area contributed by atoms with Gasteiger partial charge in [-0.3, -0.25) is 4.79 Å². The van der Waals surface area contributed by atoms with Gasteiger partial charge in [-0.1, -0.05) is 0 Å². The molecule has 132 valence electrons. The van der Waals surface area contributed by atoms with Gasteiger partial charge in [0.1, 0.15) is 6.10 Å². The van der Waals surface area contributed by atoms with Crippen LogP contribution in [0.25, 0.3) is 0 Å². The molecule has 2 unspecified atom stereocenters. The number of urea groups is 1. The van der Waals surface area contributed by atoms with E-state index in [1.165, 1.54) is 0 Å². The van der Waals surface area contributed by atoms with Gasteiger partial charge in [0.15, 0.2) is 0 Å². The van der Waals surface area contributed by atoms with E-state index >= 15 is 0 Å². The second-order valence-corrected chi connectivity index (χ2v) is 7.26. The number of hydrogen-bond acceptors (Lipinski definition) is 4. The van der Waals surface area contributed by atoms with Gasteiger partial charge < -0.3 is 25.2 Å². The van der Waals surface area contributed by atoms with Gasteiger partial charge in [0, 0.05) is 27.2 Å². The molecule has 2 N–H and O–H groups in total. The maximum absolute atomic E-state index is 12.1. The Kier molecular flexibility index (Phi) is 5.86. The Balaban J connectivity index is 1.72. The number of carbonyl (C=O) groups is 2. The summed E-state index contributed by atoms with van der Waals surface area (Å²) < 4.78 is 5.73. The zero-order valence-electron chi connectivity index (χ0n) is 14.7. The van der Waals surface area contributed by atoms with E-state index in [0.29, 0.717) is 6.54 Å². The summed E-state index contributed by atoms with van der Waals surface area (Å²) >= 11 is 0. The molecule has 3 amide bonds. The monoisotopic (exact) mass is 326 g/mol. The average molecular weight is 326 g/mol. The van der Waals surface area contributed by atoms with E-state index in [1.54, 1.807) is 19.0 Å². The molecular weight excluding hydrogens is 296 g/mol. The summed E-state index contributed by atoms with van der Waals surface area (Å²) in [5.41, 5.74) is -0.0897. The first-order valence-corrected chi connectivity index (χ1v) is 8.39. The van der Waals surface area contributed by atoms with Crippen molar-refractivity contribution in [2.24, 2.45) is 0 Å². The minimum Gasteiger partial charge on any atom is -0.363 e. The summed E-state index contributed by atoms with van der Waals surface area (Å²) in [4.78, 5) is 27.7. The van der Waals surface area contributed by atoms with Crippen molar-refractivity contribution < 1.29 is 14.3 Å². The van der Waals surface area contributed by atoms with E-state index in [1.807, 2.05) is 14.1 Å². The minimum atomic E-state index is -0.369. The molecule has 0 bridgehead atoms. The second-order valence-electron chi connectivity index (χ2n) is 7.26. The third kappa shape index (κ3) is 4.81. The third-order valence-electron chi connectivity index (χ3n) is 4.62. The lowest BCUT2D eigenvalue weighted by molar-refractivity contribution is -0.140. The van der Waals surface area contributed by atoms with Crippen molar-refractivity contribution in [1.82, 2.24) is 20.4 Å². The van der Waals surface area contributed by atoms with Gasteiger partial charge in [0.25, 0.3) is 5.91 Å². The Bertz CT molecular complexity index is 435. The van der Waals surface area contributed by atoms with Gasteiger partial charge in [-0.05, 0) is 46.2 Å². The van der Waals surface area contributed by atoms with Crippen LogP contribution in [0.1, 0.15) is 32.1 Å². The molecule has 0 aromatic carbocycles. The summed E-state index contributed by atoms with van der Waals surface area (Å²) in [6.45, 7) is 1.31. The van der Waals surface area contributed by atoms with Crippen LogP contribution in [0.15, 0.2) is 0 Å². The molecule has 1 saturated heterocycles. The predicted octanol–water partition coefficient (Wildman–Crippen LogP) is 0.406. The van der Waals surface area contributed by atoms with Gasteiger partial charge in [-0.2, -0.15) is 0 Å². The fourth-order valence-electron chi connectivity index (χ4n) is 3.35. The summed E-state index contributed by atoms with van der Waals surface area (Å²) in [6.07, 6.45) is 4.28. The molecule has 0 spiro atoms. The molecule has 2 fully saturated rings. The Morgan fingerprint density at radius 2 is 1.87 bits per heavy atom. The molecule has 1 aliphatic heterocycles. The van der Waals surface area contributed by atoms with E-state index in [2.05, 4.69) is 15.5 Å². The Labute approximate surface area is 138 Å². The lowest BCUT2D eigenvalue weighted by Crippen LogP contribution is -2.61. The quantitative estimate of drug-likeness (QED) is 0.741. The molecule has 7 heteroatoms. The number of carbonyl (C=O) groups excluding carboxylic acids is 2. The normalized spacial score (nSPS) is 25.8. The largest absolute Gasteiger partial charge is 0.363 e. The lowest BCUT2D eigenvalue weighted by atomic mass is 9.76.